The molecule has 0 amide bonds. The highest BCUT2D eigenvalue weighted by molar-refractivity contribution is 6.42. The average molecular weight is 273 g/mol. The van der Waals surface area contributed by atoms with E-state index in [9.17, 15) is 0 Å². The number of halogens is 2. The molecule has 90 valence electrons. The third-order valence-corrected chi connectivity index (χ3v) is 2.72. The highest BCUT2D eigenvalue weighted by Crippen LogP contribution is 2.29. The summed E-state index contributed by atoms with van der Waals surface area (Å²) >= 11 is 11.7. The van der Waals surface area contributed by atoms with Gasteiger partial charge in [-0.25, -0.2) is 0 Å². The number of aromatic nitrogens is 1. The van der Waals surface area contributed by atoms with E-state index in [1.165, 1.54) is 6.26 Å². The van der Waals surface area contributed by atoms with Crippen LogP contribution < -0.4 is 10.1 Å². The van der Waals surface area contributed by atoms with Gasteiger partial charge < -0.3 is 14.5 Å². The van der Waals surface area contributed by atoms with Crippen molar-refractivity contribution in [2.75, 3.05) is 7.05 Å². The Morgan fingerprint density at radius 3 is 2.88 bits per heavy atom. The Morgan fingerprint density at radius 2 is 2.18 bits per heavy atom. The molecule has 0 spiro atoms. The highest BCUT2D eigenvalue weighted by Gasteiger charge is 2.07. The van der Waals surface area contributed by atoms with Crippen LogP contribution in [0.5, 0.6) is 11.8 Å². The van der Waals surface area contributed by atoms with Crippen molar-refractivity contribution in [3.8, 4) is 11.8 Å². The van der Waals surface area contributed by atoms with Gasteiger partial charge >= 0.3 is 6.08 Å². The molecule has 1 aromatic carbocycles. The summed E-state index contributed by atoms with van der Waals surface area (Å²) < 4.78 is 10.5. The maximum atomic E-state index is 5.86. The summed E-state index contributed by atoms with van der Waals surface area (Å²) in [6.45, 7) is 0.619. The van der Waals surface area contributed by atoms with E-state index in [0.29, 0.717) is 22.3 Å². The van der Waals surface area contributed by atoms with E-state index in [1.54, 1.807) is 18.2 Å². The fourth-order valence-electron chi connectivity index (χ4n) is 1.24. The number of nitrogens with one attached hydrogen (secondary N) is 1. The lowest BCUT2D eigenvalue weighted by Crippen LogP contribution is -2.04. The van der Waals surface area contributed by atoms with Gasteiger partial charge in [-0.3, -0.25) is 0 Å². The molecule has 0 atom stereocenters. The highest BCUT2D eigenvalue weighted by atomic mass is 35.5. The van der Waals surface area contributed by atoms with Crippen LogP contribution in [0.4, 0.5) is 0 Å². The average Bonchev–Trinajstić information content (AvgIpc) is 2.72. The van der Waals surface area contributed by atoms with Crippen LogP contribution in [-0.4, -0.2) is 12.0 Å². The van der Waals surface area contributed by atoms with Gasteiger partial charge in [-0.1, -0.05) is 23.2 Å². The van der Waals surface area contributed by atoms with Crippen molar-refractivity contribution in [1.82, 2.24) is 10.3 Å². The molecule has 0 saturated heterocycles. The van der Waals surface area contributed by atoms with Crippen LogP contribution in [0, 0.1) is 0 Å². The van der Waals surface area contributed by atoms with E-state index in [1.807, 2.05) is 7.05 Å². The number of rotatable bonds is 4. The fourth-order valence-corrected chi connectivity index (χ4v) is 1.53. The van der Waals surface area contributed by atoms with E-state index in [4.69, 9.17) is 32.4 Å². The van der Waals surface area contributed by atoms with Gasteiger partial charge in [0.15, 0.2) is 0 Å². The smallest absolute Gasteiger partial charge is 0.399 e. The first-order valence-electron chi connectivity index (χ1n) is 4.91. The SMILES string of the molecule is CNCc1coc(Oc2ccc(Cl)c(Cl)c2)n1. The Kier molecular flexibility index (Phi) is 3.89. The number of hydrogen-bond donors (Lipinski definition) is 1. The zero-order chi connectivity index (χ0) is 12.3. The second-order valence-electron chi connectivity index (χ2n) is 3.31. The predicted molar refractivity (Wildman–Crippen MR) is 65.8 cm³/mol. The van der Waals surface area contributed by atoms with Gasteiger partial charge in [0.05, 0.1) is 15.7 Å². The number of ether oxygens (including phenoxy) is 1. The number of nitrogens with zero attached hydrogens (tertiary/aromatic N) is 1. The van der Waals surface area contributed by atoms with Gasteiger partial charge in [0.2, 0.25) is 0 Å². The van der Waals surface area contributed by atoms with E-state index in [0.717, 1.165) is 5.69 Å². The standard InChI is InChI=1S/C11H10Cl2N2O2/c1-14-5-7-6-16-11(15-7)17-8-2-3-9(12)10(13)4-8/h2-4,6,14H,5H2,1H3. The van der Waals surface area contributed by atoms with Crippen LogP contribution in [0.1, 0.15) is 5.69 Å². The first-order valence-corrected chi connectivity index (χ1v) is 5.66. The van der Waals surface area contributed by atoms with Crippen LogP contribution in [0.2, 0.25) is 10.0 Å². The Bertz CT molecular complexity index is 514. The van der Waals surface area contributed by atoms with Crippen molar-refractivity contribution >= 4 is 23.2 Å². The summed E-state index contributed by atoms with van der Waals surface area (Å²) in [5.74, 6) is 0.525. The molecule has 0 aliphatic carbocycles. The third kappa shape index (κ3) is 3.12. The molecule has 0 aliphatic heterocycles. The largest absolute Gasteiger partial charge is 0.417 e. The quantitative estimate of drug-likeness (QED) is 0.926. The second-order valence-corrected chi connectivity index (χ2v) is 4.13. The van der Waals surface area contributed by atoms with E-state index in [2.05, 4.69) is 10.3 Å². The number of hydrogen-bond acceptors (Lipinski definition) is 4. The summed E-state index contributed by atoms with van der Waals surface area (Å²) in [6, 6.07) is 4.94. The molecule has 1 N–H and O–H groups in total. The molecule has 1 aromatic heterocycles. The van der Waals surface area contributed by atoms with E-state index >= 15 is 0 Å². The maximum absolute atomic E-state index is 5.86. The van der Waals surface area contributed by atoms with Crippen molar-refractivity contribution in [3.05, 3.63) is 40.2 Å². The fraction of sp³-hybridized carbons (Fsp3) is 0.182. The zero-order valence-electron chi connectivity index (χ0n) is 9.04. The molecule has 4 nitrogen and oxygen atoms in total. The van der Waals surface area contributed by atoms with Gasteiger partial charge in [-0.05, 0) is 19.2 Å². The molecular formula is C11H10Cl2N2O2. The lowest BCUT2D eigenvalue weighted by Gasteiger charge is -2.01. The summed E-state index contributed by atoms with van der Waals surface area (Å²) in [5, 5.41) is 3.86. The van der Waals surface area contributed by atoms with Crippen LogP contribution >= 0.6 is 23.2 Å². The van der Waals surface area contributed by atoms with Crippen LogP contribution in [0.3, 0.4) is 0 Å². The lowest BCUT2D eigenvalue weighted by molar-refractivity contribution is 0.331. The van der Waals surface area contributed by atoms with E-state index in [-0.39, 0.29) is 6.08 Å². The Balaban J connectivity index is 2.11. The monoisotopic (exact) mass is 272 g/mol. The molecule has 0 bridgehead atoms. The van der Waals surface area contributed by atoms with Gasteiger partial charge in [-0.2, -0.15) is 4.98 Å². The molecule has 2 rings (SSSR count). The minimum absolute atomic E-state index is 0.175. The Hall–Kier alpha value is -1.23. The molecule has 0 fully saturated rings. The molecule has 1 heterocycles. The first kappa shape index (κ1) is 12.2. The summed E-state index contributed by atoms with van der Waals surface area (Å²) in [4.78, 5) is 4.12. The normalized spacial score (nSPS) is 10.5. The van der Waals surface area contributed by atoms with E-state index < -0.39 is 0 Å². The minimum Gasteiger partial charge on any atom is -0.417 e. The molecule has 6 heteroatoms. The molecule has 0 aliphatic rings. The van der Waals surface area contributed by atoms with Gasteiger partial charge in [0.1, 0.15) is 12.0 Å². The van der Waals surface area contributed by atoms with Gasteiger partial charge in [-0.15, -0.1) is 0 Å². The molecule has 0 saturated carbocycles. The van der Waals surface area contributed by atoms with Crippen molar-refractivity contribution in [2.45, 2.75) is 6.54 Å². The summed E-state index contributed by atoms with van der Waals surface area (Å²) in [5.41, 5.74) is 0.766. The molecule has 0 radical (unpaired) electrons. The first-order chi connectivity index (χ1) is 8.19. The molecule has 17 heavy (non-hydrogen) atoms. The topological polar surface area (TPSA) is 47.3 Å². The minimum atomic E-state index is 0.175. The summed E-state index contributed by atoms with van der Waals surface area (Å²) in [7, 11) is 1.83. The van der Waals surface area contributed by atoms with Crippen LogP contribution in [0.15, 0.2) is 28.9 Å². The zero-order valence-corrected chi connectivity index (χ0v) is 10.5. The predicted octanol–water partition coefficient (Wildman–Crippen LogP) is 3.49. The number of oxazole rings is 1. The van der Waals surface area contributed by atoms with Gasteiger partial charge in [0.25, 0.3) is 0 Å². The summed E-state index contributed by atoms with van der Waals surface area (Å²) in [6.07, 6.45) is 1.71. The molecular weight excluding hydrogens is 263 g/mol. The molecule has 0 unspecified atom stereocenters. The molecule has 2 aromatic rings. The van der Waals surface area contributed by atoms with Crippen LogP contribution in [0.25, 0.3) is 0 Å². The van der Waals surface area contributed by atoms with Crippen LogP contribution in [-0.2, 0) is 6.54 Å². The van der Waals surface area contributed by atoms with Crippen molar-refractivity contribution in [3.63, 3.8) is 0 Å². The van der Waals surface area contributed by atoms with Gasteiger partial charge in [0, 0.05) is 12.6 Å². The van der Waals surface area contributed by atoms with Crippen molar-refractivity contribution in [2.24, 2.45) is 0 Å². The Labute approximate surface area is 109 Å². The maximum Gasteiger partial charge on any atom is 0.399 e. The third-order valence-electron chi connectivity index (χ3n) is 1.98. The lowest BCUT2D eigenvalue weighted by atomic mass is 10.3. The second kappa shape index (κ2) is 5.40. The Morgan fingerprint density at radius 1 is 1.35 bits per heavy atom. The van der Waals surface area contributed by atoms with Crippen molar-refractivity contribution in [1.29, 1.82) is 0 Å². The van der Waals surface area contributed by atoms with Crippen molar-refractivity contribution < 1.29 is 9.15 Å². The number of benzene rings is 1.